The first-order valence-electron chi connectivity index (χ1n) is 5.08. The maximum Gasteiger partial charge on any atom is 0.427 e. The van der Waals surface area contributed by atoms with Crippen LogP contribution in [0.15, 0.2) is 5.51 Å². The van der Waals surface area contributed by atoms with Crippen LogP contribution < -0.4 is 5.32 Å². The van der Waals surface area contributed by atoms with E-state index in [-0.39, 0.29) is 6.54 Å². The monoisotopic (exact) mass is 296 g/mol. The van der Waals surface area contributed by atoms with Crippen LogP contribution in [0.5, 0.6) is 0 Å². The van der Waals surface area contributed by atoms with Crippen molar-refractivity contribution in [2.45, 2.75) is 20.0 Å². The predicted octanol–water partition coefficient (Wildman–Crippen LogP) is 2.00. The van der Waals surface area contributed by atoms with Gasteiger partial charge in [-0.1, -0.05) is 0 Å². The third-order valence-corrected chi connectivity index (χ3v) is 3.18. The number of alkyl halides is 3. The highest BCUT2D eigenvalue weighted by atomic mass is 32.1. The molecule has 9 heteroatoms. The van der Waals surface area contributed by atoms with Crippen molar-refractivity contribution in [3.63, 3.8) is 0 Å². The Labute approximate surface area is 110 Å². The Morgan fingerprint density at radius 1 is 1.42 bits per heavy atom. The molecule has 0 unspecified atom stereocenters. The number of carboxylic acids is 1. The average molecular weight is 296 g/mol. The summed E-state index contributed by atoms with van der Waals surface area (Å²) in [5.74, 6) is -2.20. The maximum atomic E-state index is 12.5. The fraction of sp³-hybridized carbons (Fsp3) is 0.500. The van der Waals surface area contributed by atoms with E-state index < -0.39 is 34.0 Å². The second-order valence-electron chi connectivity index (χ2n) is 4.40. The van der Waals surface area contributed by atoms with Crippen LogP contribution in [0.1, 0.15) is 29.2 Å². The predicted molar refractivity (Wildman–Crippen MR) is 60.9 cm³/mol. The fourth-order valence-corrected chi connectivity index (χ4v) is 1.72. The molecule has 0 saturated heterocycles. The lowest BCUT2D eigenvalue weighted by atomic mass is 9.94. The van der Waals surface area contributed by atoms with Gasteiger partial charge in [-0.15, -0.1) is 11.3 Å². The van der Waals surface area contributed by atoms with Crippen LogP contribution in [0, 0.1) is 5.41 Å². The summed E-state index contributed by atoms with van der Waals surface area (Å²) in [6.07, 6.45) is -4.66. The van der Waals surface area contributed by atoms with E-state index in [4.69, 9.17) is 5.11 Å². The molecule has 1 rings (SSSR count). The van der Waals surface area contributed by atoms with Crippen LogP contribution in [-0.2, 0) is 11.0 Å². The number of hydrogen-bond donors (Lipinski definition) is 2. The van der Waals surface area contributed by atoms with Crippen molar-refractivity contribution in [3.8, 4) is 0 Å². The normalized spacial score (nSPS) is 12.3. The fourth-order valence-electron chi connectivity index (χ4n) is 1.07. The summed E-state index contributed by atoms with van der Waals surface area (Å²) >= 11 is 0.311. The first kappa shape index (κ1) is 15.4. The van der Waals surface area contributed by atoms with Crippen LogP contribution in [0.25, 0.3) is 0 Å². The van der Waals surface area contributed by atoms with Gasteiger partial charge in [-0.25, -0.2) is 4.98 Å². The van der Waals surface area contributed by atoms with Gasteiger partial charge in [-0.2, -0.15) is 13.2 Å². The largest absolute Gasteiger partial charge is 0.481 e. The highest BCUT2D eigenvalue weighted by molar-refractivity contribution is 7.10. The zero-order valence-corrected chi connectivity index (χ0v) is 10.9. The minimum Gasteiger partial charge on any atom is -0.481 e. The molecule has 0 aromatic carbocycles. The van der Waals surface area contributed by atoms with Gasteiger partial charge in [0, 0.05) is 6.54 Å². The summed E-state index contributed by atoms with van der Waals surface area (Å²) in [5.41, 5.74) is -1.09. The SMILES string of the molecule is CC(C)(CNC(=O)c1ncsc1C(F)(F)F)C(=O)O. The van der Waals surface area contributed by atoms with Gasteiger partial charge in [0.25, 0.3) is 5.91 Å². The van der Waals surface area contributed by atoms with Crippen molar-refractivity contribution in [3.05, 3.63) is 16.1 Å². The number of nitrogens with one attached hydrogen (secondary N) is 1. The van der Waals surface area contributed by atoms with E-state index >= 15 is 0 Å². The molecule has 5 nitrogen and oxygen atoms in total. The lowest BCUT2D eigenvalue weighted by Gasteiger charge is -2.19. The molecular weight excluding hydrogens is 285 g/mol. The van der Waals surface area contributed by atoms with E-state index in [1.165, 1.54) is 13.8 Å². The van der Waals surface area contributed by atoms with Gasteiger partial charge >= 0.3 is 12.1 Å². The second-order valence-corrected chi connectivity index (χ2v) is 5.25. The van der Waals surface area contributed by atoms with Crippen LogP contribution in [0.2, 0.25) is 0 Å². The van der Waals surface area contributed by atoms with Crippen LogP contribution in [0.4, 0.5) is 13.2 Å². The molecule has 0 atom stereocenters. The second kappa shape index (κ2) is 5.16. The van der Waals surface area contributed by atoms with Crippen molar-refractivity contribution in [2.75, 3.05) is 6.54 Å². The Balaban J connectivity index is 2.81. The van der Waals surface area contributed by atoms with Gasteiger partial charge in [0.2, 0.25) is 0 Å². The van der Waals surface area contributed by atoms with Gasteiger partial charge in [0.1, 0.15) is 4.88 Å². The smallest absolute Gasteiger partial charge is 0.427 e. The quantitative estimate of drug-likeness (QED) is 0.890. The zero-order chi connectivity index (χ0) is 14.8. The molecule has 0 spiro atoms. The van der Waals surface area contributed by atoms with Crippen molar-refractivity contribution in [2.24, 2.45) is 5.41 Å². The highest BCUT2D eigenvalue weighted by Gasteiger charge is 2.38. The lowest BCUT2D eigenvalue weighted by Crippen LogP contribution is -2.39. The Hall–Kier alpha value is -1.64. The number of thiazole rings is 1. The van der Waals surface area contributed by atoms with Crippen molar-refractivity contribution in [1.29, 1.82) is 0 Å². The number of rotatable bonds is 4. The van der Waals surface area contributed by atoms with Crippen LogP contribution >= 0.6 is 11.3 Å². The molecule has 0 aliphatic carbocycles. The van der Waals surface area contributed by atoms with Crippen LogP contribution in [0.3, 0.4) is 0 Å². The molecule has 0 aliphatic heterocycles. The summed E-state index contributed by atoms with van der Waals surface area (Å²) in [4.78, 5) is 24.7. The topological polar surface area (TPSA) is 79.3 Å². The number of amides is 1. The number of nitrogens with zero attached hydrogens (tertiary/aromatic N) is 1. The number of carbonyl (C=O) groups excluding carboxylic acids is 1. The molecule has 0 bridgehead atoms. The maximum absolute atomic E-state index is 12.5. The lowest BCUT2D eigenvalue weighted by molar-refractivity contribution is -0.146. The van der Waals surface area contributed by atoms with Gasteiger partial charge in [0.15, 0.2) is 5.69 Å². The Kier molecular flexibility index (Phi) is 4.18. The van der Waals surface area contributed by atoms with E-state index in [0.29, 0.717) is 11.3 Å². The van der Waals surface area contributed by atoms with Crippen molar-refractivity contribution in [1.82, 2.24) is 10.3 Å². The van der Waals surface area contributed by atoms with Gasteiger partial charge in [-0.3, -0.25) is 9.59 Å². The van der Waals surface area contributed by atoms with E-state index in [0.717, 1.165) is 5.51 Å². The molecular formula is C10H11F3N2O3S. The molecule has 2 N–H and O–H groups in total. The van der Waals surface area contributed by atoms with E-state index in [1.807, 2.05) is 0 Å². The third-order valence-electron chi connectivity index (χ3n) is 2.31. The molecule has 106 valence electrons. The summed E-state index contributed by atoms with van der Waals surface area (Å²) in [5, 5.41) is 11.0. The number of aliphatic carboxylic acids is 1. The molecule has 19 heavy (non-hydrogen) atoms. The molecule has 1 amide bonds. The number of aromatic nitrogens is 1. The number of halogens is 3. The number of hydrogen-bond acceptors (Lipinski definition) is 4. The Bertz CT molecular complexity index is 496. The number of carboxylic acid groups (broad SMARTS) is 1. The molecule has 0 fully saturated rings. The molecule has 0 radical (unpaired) electrons. The molecule has 1 aromatic rings. The Morgan fingerprint density at radius 2 is 2.00 bits per heavy atom. The molecule has 0 aliphatic rings. The Morgan fingerprint density at radius 3 is 2.47 bits per heavy atom. The summed E-state index contributed by atoms with van der Waals surface area (Å²) in [7, 11) is 0. The average Bonchev–Trinajstić information content (AvgIpc) is 2.74. The van der Waals surface area contributed by atoms with Crippen molar-refractivity contribution < 1.29 is 27.9 Å². The first-order valence-corrected chi connectivity index (χ1v) is 5.96. The van der Waals surface area contributed by atoms with E-state index in [9.17, 15) is 22.8 Å². The molecule has 0 saturated carbocycles. The van der Waals surface area contributed by atoms with Gasteiger partial charge in [-0.05, 0) is 13.8 Å². The van der Waals surface area contributed by atoms with Gasteiger partial charge in [0.05, 0.1) is 10.9 Å². The summed E-state index contributed by atoms with van der Waals surface area (Å²) in [6, 6.07) is 0. The zero-order valence-electron chi connectivity index (χ0n) is 10.0. The van der Waals surface area contributed by atoms with Gasteiger partial charge < -0.3 is 10.4 Å². The third kappa shape index (κ3) is 3.66. The molecule has 1 aromatic heterocycles. The van der Waals surface area contributed by atoms with Crippen molar-refractivity contribution >= 4 is 23.2 Å². The first-order chi connectivity index (χ1) is 8.55. The summed E-state index contributed by atoms with van der Waals surface area (Å²) in [6.45, 7) is 2.40. The van der Waals surface area contributed by atoms with Crippen LogP contribution in [-0.4, -0.2) is 28.5 Å². The minimum atomic E-state index is -4.66. The van der Waals surface area contributed by atoms with E-state index in [2.05, 4.69) is 10.3 Å². The van der Waals surface area contributed by atoms with E-state index in [1.54, 1.807) is 0 Å². The molecule has 1 heterocycles. The highest BCUT2D eigenvalue weighted by Crippen LogP contribution is 2.34. The minimum absolute atomic E-state index is 0.296. The standard InChI is InChI=1S/C10H11F3N2O3S/c1-9(2,8(17)18)3-14-7(16)5-6(10(11,12)13)19-4-15-5/h4H,3H2,1-2H3,(H,14,16)(H,17,18). The number of carbonyl (C=O) groups is 2. The summed E-state index contributed by atoms with van der Waals surface area (Å²) < 4.78 is 37.6.